The van der Waals surface area contributed by atoms with Crippen molar-refractivity contribution in [3.63, 3.8) is 0 Å². The number of piperidine rings is 1. The Morgan fingerprint density at radius 2 is 2.05 bits per heavy atom. The first-order chi connectivity index (χ1) is 10.5. The number of hydrogen-bond donors (Lipinski definition) is 2. The van der Waals surface area contributed by atoms with Crippen molar-refractivity contribution in [2.24, 2.45) is 0 Å². The van der Waals surface area contributed by atoms with E-state index < -0.39 is 11.7 Å². The molecule has 1 saturated heterocycles. The van der Waals surface area contributed by atoms with Gasteiger partial charge >= 0.3 is 0 Å². The zero-order valence-corrected chi connectivity index (χ0v) is 12.4. The second kappa shape index (κ2) is 5.59. The standard InChI is InChI=1S/C17H19NO4/c1-17(21)8-9-18(11-15(17)19)16(20)13-6-4-12(5-7-13)14-3-2-10-22-14/h2-7,10,15,19,21H,8-9,11H2,1H3/t15-,17+/m0/s1. The summed E-state index contributed by atoms with van der Waals surface area (Å²) in [6.07, 6.45) is 1.05. The Balaban J connectivity index is 1.73. The molecule has 2 heterocycles. The van der Waals surface area contributed by atoms with E-state index in [1.165, 1.54) is 0 Å². The van der Waals surface area contributed by atoms with Crippen LogP contribution < -0.4 is 0 Å². The molecule has 1 aromatic carbocycles. The lowest BCUT2D eigenvalue weighted by Crippen LogP contribution is -2.55. The SMILES string of the molecule is C[C@@]1(O)CCN(C(=O)c2ccc(-c3ccco3)cc2)C[C@@H]1O. The molecule has 0 unspecified atom stereocenters. The van der Waals surface area contributed by atoms with Crippen LogP contribution in [0.5, 0.6) is 0 Å². The fourth-order valence-corrected chi connectivity index (χ4v) is 2.61. The van der Waals surface area contributed by atoms with Gasteiger partial charge in [-0.1, -0.05) is 12.1 Å². The molecule has 1 aromatic heterocycles. The summed E-state index contributed by atoms with van der Waals surface area (Å²) >= 11 is 0. The first kappa shape index (κ1) is 14.8. The van der Waals surface area contributed by atoms with E-state index in [1.54, 1.807) is 30.2 Å². The Morgan fingerprint density at radius 3 is 2.64 bits per heavy atom. The third-order valence-electron chi connectivity index (χ3n) is 4.22. The molecule has 2 N–H and O–H groups in total. The third kappa shape index (κ3) is 2.77. The van der Waals surface area contributed by atoms with Gasteiger partial charge in [-0.05, 0) is 37.6 Å². The van der Waals surface area contributed by atoms with Crippen LogP contribution in [0.2, 0.25) is 0 Å². The van der Waals surface area contributed by atoms with Crippen LogP contribution in [-0.4, -0.2) is 45.8 Å². The molecule has 5 nitrogen and oxygen atoms in total. The Morgan fingerprint density at radius 1 is 1.32 bits per heavy atom. The summed E-state index contributed by atoms with van der Waals surface area (Å²) < 4.78 is 5.32. The van der Waals surface area contributed by atoms with Gasteiger partial charge in [0.15, 0.2) is 0 Å². The second-order valence-electron chi connectivity index (χ2n) is 5.93. The number of hydrogen-bond acceptors (Lipinski definition) is 4. The molecule has 1 fully saturated rings. The molecule has 3 rings (SSSR count). The van der Waals surface area contributed by atoms with E-state index in [9.17, 15) is 15.0 Å². The van der Waals surface area contributed by atoms with Gasteiger partial charge in [-0.3, -0.25) is 4.79 Å². The summed E-state index contributed by atoms with van der Waals surface area (Å²) in [5.74, 6) is 0.615. The number of amides is 1. The quantitative estimate of drug-likeness (QED) is 0.888. The predicted molar refractivity (Wildman–Crippen MR) is 81.3 cm³/mol. The Bertz CT molecular complexity index is 646. The van der Waals surface area contributed by atoms with Gasteiger partial charge in [0.05, 0.1) is 18.0 Å². The summed E-state index contributed by atoms with van der Waals surface area (Å²) in [4.78, 5) is 14.0. The predicted octanol–water partition coefficient (Wildman–Crippen LogP) is 1.90. The highest BCUT2D eigenvalue weighted by molar-refractivity contribution is 5.94. The molecular formula is C17H19NO4. The fraction of sp³-hybridized carbons (Fsp3) is 0.353. The number of aliphatic hydroxyl groups excluding tert-OH is 1. The molecule has 0 radical (unpaired) electrons. The summed E-state index contributed by atoms with van der Waals surface area (Å²) in [7, 11) is 0. The number of carbonyl (C=O) groups is 1. The topological polar surface area (TPSA) is 73.9 Å². The highest BCUT2D eigenvalue weighted by Crippen LogP contribution is 2.24. The molecule has 2 atom stereocenters. The van der Waals surface area contributed by atoms with E-state index in [-0.39, 0.29) is 12.5 Å². The first-order valence-corrected chi connectivity index (χ1v) is 7.31. The average Bonchev–Trinajstić information content (AvgIpc) is 3.04. The molecule has 0 aliphatic carbocycles. The van der Waals surface area contributed by atoms with Gasteiger partial charge in [-0.2, -0.15) is 0 Å². The fourth-order valence-electron chi connectivity index (χ4n) is 2.61. The van der Waals surface area contributed by atoms with Gasteiger partial charge in [0.25, 0.3) is 5.91 Å². The molecule has 2 aromatic rings. The van der Waals surface area contributed by atoms with Crippen LogP contribution in [0, 0.1) is 0 Å². The number of rotatable bonds is 2. The average molecular weight is 301 g/mol. The monoisotopic (exact) mass is 301 g/mol. The van der Waals surface area contributed by atoms with Crippen molar-refractivity contribution >= 4 is 5.91 Å². The second-order valence-corrected chi connectivity index (χ2v) is 5.93. The highest BCUT2D eigenvalue weighted by Gasteiger charge is 2.38. The van der Waals surface area contributed by atoms with Crippen molar-refractivity contribution < 1.29 is 19.4 Å². The van der Waals surface area contributed by atoms with Gasteiger partial charge in [0, 0.05) is 24.2 Å². The van der Waals surface area contributed by atoms with E-state index in [0.717, 1.165) is 11.3 Å². The van der Waals surface area contributed by atoms with Gasteiger partial charge in [0.1, 0.15) is 5.76 Å². The van der Waals surface area contributed by atoms with Crippen LogP contribution in [0.4, 0.5) is 0 Å². The van der Waals surface area contributed by atoms with Crippen molar-refractivity contribution in [3.05, 3.63) is 48.2 Å². The van der Waals surface area contributed by atoms with Crippen molar-refractivity contribution in [2.75, 3.05) is 13.1 Å². The number of aliphatic hydroxyl groups is 2. The molecule has 0 saturated carbocycles. The number of carbonyl (C=O) groups excluding carboxylic acids is 1. The number of benzene rings is 1. The van der Waals surface area contributed by atoms with Crippen LogP contribution in [0.25, 0.3) is 11.3 Å². The molecule has 5 heteroatoms. The third-order valence-corrected chi connectivity index (χ3v) is 4.22. The summed E-state index contributed by atoms with van der Waals surface area (Å²) in [5.41, 5.74) is 0.340. The highest BCUT2D eigenvalue weighted by atomic mass is 16.3. The Labute approximate surface area is 128 Å². The lowest BCUT2D eigenvalue weighted by Gasteiger charge is -2.39. The maximum atomic E-state index is 12.5. The first-order valence-electron chi connectivity index (χ1n) is 7.31. The van der Waals surface area contributed by atoms with E-state index in [4.69, 9.17) is 4.42 Å². The molecule has 1 aliphatic heterocycles. The van der Waals surface area contributed by atoms with Crippen molar-refractivity contribution in [1.82, 2.24) is 4.90 Å². The smallest absolute Gasteiger partial charge is 0.253 e. The van der Waals surface area contributed by atoms with Gasteiger partial charge < -0.3 is 19.5 Å². The van der Waals surface area contributed by atoms with Crippen LogP contribution >= 0.6 is 0 Å². The molecule has 0 spiro atoms. The largest absolute Gasteiger partial charge is 0.464 e. The lowest BCUT2D eigenvalue weighted by atomic mass is 9.90. The Hall–Kier alpha value is -2.11. The maximum Gasteiger partial charge on any atom is 0.253 e. The molecular weight excluding hydrogens is 282 g/mol. The normalized spacial score (nSPS) is 25.2. The van der Waals surface area contributed by atoms with E-state index >= 15 is 0 Å². The van der Waals surface area contributed by atoms with E-state index in [0.29, 0.717) is 18.5 Å². The van der Waals surface area contributed by atoms with Gasteiger partial charge in [-0.25, -0.2) is 0 Å². The number of nitrogens with zero attached hydrogens (tertiary/aromatic N) is 1. The minimum Gasteiger partial charge on any atom is -0.464 e. The number of furan rings is 1. The van der Waals surface area contributed by atoms with Crippen LogP contribution in [0.1, 0.15) is 23.7 Å². The van der Waals surface area contributed by atoms with E-state index in [2.05, 4.69) is 0 Å². The molecule has 1 aliphatic rings. The summed E-state index contributed by atoms with van der Waals surface area (Å²) in [6, 6.07) is 10.8. The zero-order valence-electron chi connectivity index (χ0n) is 12.4. The molecule has 0 bridgehead atoms. The Kier molecular flexibility index (Phi) is 3.76. The summed E-state index contributed by atoms with van der Waals surface area (Å²) in [6.45, 7) is 2.17. The lowest BCUT2D eigenvalue weighted by molar-refractivity contribution is -0.0999. The van der Waals surface area contributed by atoms with Crippen LogP contribution in [0.15, 0.2) is 47.1 Å². The minimum absolute atomic E-state index is 0.138. The molecule has 1 amide bonds. The van der Waals surface area contributed by atoms with Crippen molar-refractivity contribution in [3.8, 4) is 11.3 Å². The zero-order chi connectivity index (χ0) is 15.7. The maximum absolute atomic E-state index is 12.5. The number of likely N-dealkylation sites (tertiary alicyclic amines) is 1. The van der Waals surface area contributed by atoms with Crippen LogP contribution in [-0.2, 0) is 0 Å². The van der Waals surface area contributed by atoms with Gasteiger partial charge in [-0.15, -0.1) is 0 Å². The minimum atomic E-state index is -1.13. The van der Waals surface area contributed by atoms with E-state index in [1.807, 2.05) is 24.3 Å². The van der Waals surface area contributed by atoms with Crippen LogP contribution in [0.3, 0.4) is 0 Å². The molecule has 22 heavy (non-hydrogen) atoms. The summed E-state index contributed by atoms with van der Waals surface area (Å²) in [5, 5.41) is 19.9. The molecule has 116 valence electrons. The van der Waals surface area contributed by atoms with Gasteiger partial charge in [0.2, 0.25) is 0 Å². The van der Waals surface area contributed by atoms with Crippen molar-refractivity contribution in [2.45, 2.75) is 25.0 Å². The van der Waals surface area contributed by atoms with Crippen molar-refractivity contribution in [1.29, 1.82) is 0 Å². The number of β-amino-alcohol motifs (C(OH)–C–C–N with tert-alkyl or cyclic N) is 1.